The van der Waals surface area contributed by atoms with Crippen LogP contribution in [0.3, 0.4) is 0 Å². The molecule has 0 bridgehead atoms. The summed E-state index contributed by atoms with van der Waals surface area (Å²) in [6, 6.07) is 6.61. The molecule has 0 amide bonds. The van der Waals surface area contributed by atoms with Gasteiger partial charge in [-0.25, -0.2) is 0 Å². The second kappa shape index (κ2) is 3.98. The van der Waals surface area contributed by atoms with Crippen LogP contribution in [0, 0.1) is 16.0 Å². The van der Waals surface area contributed by atoms with E-state index in [1.807, 2.05) is 6.07 Å². The van der Waals surface area contributed by atoms with Crippen LogP contribution in [-0.4, -0.2) is 4.92 Å². The number of benzene rings is 1. The summed E-state index contributed by atoms with van der Waals surface area (Å²) in [6.07, 6.45) is 3.51. The molecule has 0 saturated heterocycles. The summed E-state index contributed by atoms with van der Waals surface area (Å²) in [7, 11) is 0. The fourth-order valence-corrected chi connectivity index (χ4v) is 1.92. The maximum atomic E-state index is 10.6. The van der Waals surface area contributed by atoms with Crippen molar-refractivity contribution in [1.29, 1.82) is 0 Å². The van der Waals surface area contributed by atoms with Gasteiger partial charge in [-0.15, -0.1) is 0 Å². The minimum atomic E-state index is -0.378. The maximum Gasteiger partial charge on any atom is 0.269 e. The minimum Gasteiger partial charge on any atom is -0.324 e. The third-order valence-corrected chi connectivity index (χ3v) is 3.12. The van der Waals surface area contributed by atoms with Gasteiger partial charge in [-0.05, 0) is 24.3 Å². The van der Waals surface area contributed by atoms with Gasteiger partial charge in [-0.3, -0.25) is 10.1 Å². The molecular weight excluding hydrogens is 192 g/mol. The molecule has 15 heavy (non-hydrogen) atoms. The Morgan fingerprint density at radius 1 is 1.47 bits per heavy atom. The van der Waals surface area contributed by atoms with Crippen LogP contribution in [0.4, 0.5) is 5.69 Å². The van der Waals surface area contributed by atoms with Crippen molar-refractivity contribution in [3.05, 3.63) is 39.9 Å². The topological polar surface area (TPSA) is 69.2 Å². The van der Waals surface area contributed by atoms with E-state index in [2.05, 4.69) is 0 Å². The van der Waals surface area contributed by atoms with Gasteiger partial charge in [0.2, 0.25) is 0 Å². The van der Waals surface area contributed by atoms with Gasteiger partial charge >= 0.3 is 0 Å². The van der Waals surface area contributed by atoms with Gasteiger partial charge in [0, 0.05) is 18.2 Å². The molecule has 1 atom stereocenters. The molecule has 0 aromatic heterocycles. The number of hydrogen-bond donors (Lipinski definition) is 1. The lowest BCUT2D eigenvalue weighted by molar-refractivity contribution is -0.384. The third-order valence-electron chi connectivity index (χ3n) is 3.12. The Labute approximate surface area is 88.2 Å². The lowest BCUT2D eigenvalue weighted by Gasteiger charge is -2.31. The van der Waals surface area contributed by atoms with Crippen LogP contribution < -0.4 is 5.73 Å². The van der Waals surface area contributed by atoms with Crippen LogP contribution in [-0.2, 0) is 0 Å². The van der Waals surface area contributed by atoms with Crippen LogP contribution in [0.1, 0.15) is 30.9 Å². The van der Waals surface area contributed by atoms with E-state index in [4.69, 9.17) is 5.73 Å². The highest BCUT2D eigenvalue weighted by atomic mass is 16.6. The Morgan fingerprint density at radius 2 is 2.20 bits per heavy atom. The van der Waals surface area contributed by atoms with Gasteiger partial charge in [0.1, 0.15) is 0 Å². The monoisotopic (exact) mass is 206 g/mol. The smallest absolute Gasteiger partial charge is 0.269 e. The van der Waals surface area contributed by atoms with Crippen molar-refractivity contribution < 1.29 is 4.92 Å². The fourth-order valence-electron chi connectivity index (χ4n) is 1.92. The second-order valence-corrected chi connectivity index (χ2v) is 4.07. The van der Waals surface area contributed by atoms with Crippen LogP contribution in [0.15, 0.2) is 24.3 Å². The molecule has 80 valence electrons. The number of non-ortho nitro benzene ring substituents is 1. The normalized spacial score (nSPS) is 18.2. The molecule has 1 aliphatic rings. The van der Waals surface area contributed by atoms with Gasteiger partial charge in [-0.2, -0.15) is 0 Å². The van der Waals surface area contributed by atoms with E-state index in [1.54, 1.807) is 12.1 Å². The standard InChI is InChI=1S/C11H14N2O2/c12-11(8-3-1-4-8)9-5-2-6-10(7-9)13(14)15/h2,5-8,11H,1,3-4,12H2. The first-order chi connectivity index (χ1) is 7.18. The highest BCUT2D eigenvalue weighted by Gasteiger charge is 2.26. The molecule has 2 N–H and O–H groups in total. The van der Waals surface area contributed by atoms with Gasteiger partial charge < -0.3 is 5.73 Å². The Morgan fingerprint density at radius 3 is 2.73 bits per heavy atom. The van der Waals surface area contributed by atoms with E-state index in [1.165, 1.54) is 12.5 Å². The van der Waals surface area contributed by atoms with Gasteiger partial charge in [-0.1, -0.05) is 18.6 Å². The molecule has 0 aliphatic heterocycles. The van der Waals surface area contributed by atoms with Gasteiger partial charge in [0.25, 0.3) is 5.69 Å². The summed E-state index contributed by atoms with van der Waals surface area (Å²) < 4.78 is 0. The van der Waals surface area contributed by atoms with Crippen molar-refractivity contribution in [2.24, 2.45) is 11.7 Å². The summed E-state index contributed by atoms with van der Waals surface area (Å²) in [6.45, 7) is 0. The predicted octanol–water partition coefficient (Wildman–Crippen LogP) is 2.39. The third kappa shape index (κ3) is 1.99. The highest BCUT2D eigenvalue weighted by Crippen LogP contribution is 2.36. The van der Waals surface area contributed by atoms with Crippen LogP contribution in [0.25, 0.3) is 0 Å². The summed E-state index contributed by atoms with van der Waals surface area (Å²) >= 11 is 0. The molecule has 1 aromatic rings. The van der Waals surface area contributed by atoms with E-state index in [0.717, 1.165) is 18.4 Å². The largest absolute Gasteiger partial charge is 0.324 e. The van der Waals surface area contributed by atoms with E-state index < -0.39 is 0 Å². The van der Waals surface area contributed by atoms with E-state index >= 15 is 0 Å². The zero-order valence-electron chi connectivity index (χ0n) is 8.43. The maximum absolute atomic E-state index is 10.6. The predicted molar refractivity (Wildman–Crippen MR) is 57.4 cm³/mol. The molecule has 1 fully saturated rings. The van der Waals surface area contributed by atoms with E-state index in [9.17, 15) is 10.1 Å². The van der Waals surface area contributed by atoms with Crippen LogP contribution in [0.2, 0.25) is 0 Å². The second-order valence-electron chi connectivity index (χ2n) is 4.07. The summed E-state index contributed by atoms with van der Waals surface area (Å²) in [5.41, 5.74) is 7.06. The molecule has 1 saturated carbocycles. The molecule has 0 spiro atoms. The van der Waals surface area contributed by atoms with E-state index in [0.29, 0.717) is 5.92 Å². The number of nitro groups is 1. The number of nitrogens with two attached hydrogens (primary N) is 1. The number of nitrogens with zero attached hydrogens (tertiary/aromatic N) is 1. The number of nitro benzene ring substituents is 1. The quantitative estimate of drug-likeness (QED) is 0.609. The van der Waals surface area contributed by atoms with E-state index in [-0.39, 0.29) is 16.7 Å². The Balaban J connectivity index is 2.19. The SMILES string of the molecule is NC(c1cccc([N+](=O)[O-])c1)C1CCC1. The zero-order valence-corrected chi connectivity index (χ0v) is 8.43. The van der Waals surface area contributed by atoms with Crippen LogP contribution in [0.5, 0.6) is 0 Å². The molecule has 0 heterocycles. The van der Waals surface area contributed by atoms with Gasteiger partial charge in [0.15, 0.2) is 0 Å². The molecule has 2 rings (SSSR count). The summed E-state index contributed by atoms with van der Waals surface area (Å²) in [5.74, 6) is 0.506. The number of rotatable bonds is 3. The van der Waals surface area contributed by atoms with Gasteiger partial charge in [0.05, 0.1) is 4.92 Å². The fraction of sp³-hybridized carbons (Fsp3) is 0.455. The van der Waals surface area contributed by atoms with Crippen molar-refractivity contribution in [2.45, 2.75) is 25.3 Å². The lowest BCUT2D eigenvalue weighted by Crippen LogP contribution is -2.26. The molecular formula is C11H14N2O2. The van der Waals surface area contributed by atoms with Crippen molar-refractivity contribution in [3.8, 4) is 0 Å². The Bertz CT molecular complexity index is 375. The number of hydrogen-bond acceptors (Lipinski definition) is 3. The highest BCUT2D eigenvalue weighted by molar-refractivity contribution is 5.36. The zero-order chi connectivity index (χ0) is 10.8. The van der Waals surface area contributed by atoms with Crippen molar-refractivity contribution in [3.63, 3.8) is 0 Å². The molecule has 4 nitrogen and oxygen atoms in total. The van der Waals surface area contributed by atoms with Crippen molar-refractivity contribution >= 4 is 5.69 Å². The Hall–Kier alpha value is -1.42. The first-order valence-corrected chi connectivity index (χ1v) is 5.18. The lowest BCUT2D eigenvalue weighted by atomic mass is 9.77. The average Bonchev–Trinajstić information content (AvgIpc) is 2.15. The molecule has 1 unspecified atom stereocenters. The van der Waals surface area contributed by atoms with Crippen LogP contribution >= 0.6 is 0 Å². The summed E-state index contributed by atoms with van der Waals surface area (Å²) in [5, 5.41) is 10.6. The first-order valence-electron chi connectivity index (χ1n) is 5.18. The Kier molecular flexibility index (Phi) is 2.68. The van der Waals surface area contributed by atoms with Crippen molar-refractivity contribution in [1.82, 2.24) is 0 Å². The first kappa shape index (κ1) is 10.1. The summed E-state index contributed by atoms with van der Waals surface area (Å²) in [4.78, 5) is 10.2. The molecule has 0 radical (unpaired) electrons. The molecule has 1 aliphatic carbocycles. The molecule has 4 heteroatoms. The van der Waals surface area contributed by atoms with Crippen molar-refractivity contribution in [2.75, 3.05) is 0 Å². The minimum absolute atomic E-state index is 0.0429. The average molecular weight is 206 g/mol. The molecule has 1 aromatic carbocycles.